The molecule has 0 spiro atoms. The number of hydrogen-bond donors (Lipinski definition) is 0. The van der Waals surface area contributed by atoms with E-state index in [0.29, 0.717) is 6.04 Å². The van der Waals surface area contributed by atoms with Gasteiger partial charge in [-0.1, -0.05) is 0 Å². The van der Waals surface area contributed by atoms with Crippen molar-refractivity contribution in [3.8, 4) is 0 Å². The number of nitrogens with zero attached hydrogens (tertiary/aromatic N) is 1. The van der Waals surface area contributed by atoms with Gasteiger partial charge in [0.15, 0.2) is 0 Å². The molecule has 0 aromatic heterocycles. The zero-order valence-corrected chi connectivity index (χ0v) is 14.9. The Balaban J connectivity index is 2.03. The van der Waals surface area contributed by atoms with Crippen LogP contribution >= 0.6 is 0 Å². The molecule has 0 radical (unpaired) electrons. The van der Waals surface area contributed by atoms with Crippen LogP contribution in [0.1, 0.15) is 24.5 Å². The van der Waals surface area contributed by atoms with Crippen LogP contribution in [0, 0.1) is 0 Å². The van der Waals surface area contributed by atoms with Gasteiger partial charge >= 0.3 is 134 Å². The molecule has 2 aliphatic carbocycles. The van der Waals surface area contributed by atoms with Crippen LogP contribution in [0.25, 0.3) is 6.08 Å². The summed E-state index contributed by atoms with van der Waals surface area (Å²) in [6, 6.07) is 9.51. The molecule has 0 bridgehead atoms. The van der Waals surface area contributed by atoms with E-state index in [4.69, 9.17) is 0 Å². The fourth-order valence-corrected chi connectivity index (χ4v) is 7.86. The van der Waals surface area contributed by atoms with Crippen molar-refractivity contribution in [2.45, 2.75) is 22.5 Å². The molecule has 2 atom stereocenters. The third kappa shape index (κ3) is 2.34. The van der Waals surface area contributed by atoms with Crippen molar-refractivity contribution in [2.24, 2.45) is 0 Å². The minimum absolute atomic E-state index is 0.279. The van der Waals surface area contributed by atoms with E-state index >= 15 is 0 Å². The van der Waals surface area contributed by atoms with Crippen molar-refractivity contribution in [3.63, 3.8) is 0 Å². The Hall–Kier alpha value is -0.717. The SMILES string of the molecule is CC(N(C)C)[C]1([Zr][C]2=CC=CC2)C=Cc2ccccc21. The summed E-state index contributed by atoms with van der Waals surface area (Å²) in [4.78, 5) is 2.39. The summed E-state index contributed by atoms with van der Waals surface area (Å²) in [6.45, 7) is 2.39. The van der Waals surface area contributed by atoms with Crippen molar-refractivity contribution < 1.29 is 23.2 Å². The average molecular weight is 343 g/mol. The zero-order chi connectivity index (χ0) is 14.2. The van der Waals surface area contributed by atoms with Gasteiger partial charge in [-0.3, -0.25) is 0 Å². The van der Waals surface area contributed by atoms with Gasteiger partial charge in [-0.2, -0.15) is 0 Å². The van der Waals surface area contributed by atoms with E-state index in [1.54, 1.807) is 8.84 Å². The Morgan fingerprint density at radius 3 is 2.75 bits per heavy atom. The van der Waals surface area contributed by atoms with E-state index in [0.717, 1.165) is 0 Å². The first-order valence-corrected chi connectivity index (χ1v) is 9.68. The first kappa shape index (κ1) is 14.2. The number of allylic oxidation sites excluding steroid dienone is 4. The fraction of sp³-hybridized carbons (Fsp3) is 0.333. The number of fused-ring (bicyclic) bond motifs is 1. The van der Waals surface area contributed by atoms with Crippen LogP contribution in [0.5, 0.6) is 0 Å². The quantitative estimate of drug-likeness (QED) is 0.805. The van der Waals surface area contributed by atoms with Gasteiger partial charge in [0.25, 0.3) is 0 Å². The molecule has 0 fully saturated rings. The van der Waals surface area contributed by atoms with Crippen LogP contribution in [0.15, 0.2) is 51.9 Å². The van der Waals surface area contributed by atoms with Gasteiger partial charge in [-0.05, 0) is 0 Å². The van der Waals surface area contributed by atoms with Gasteiger partial charge < -0.3 is 0 Å². The summed E-state index contributed by atoms with van der Waals surface area (Å²) >= 11 is -0.705. The molecule has 1 aromatic rings. The van der Waals surface area contributed by atoms with E-state index in [2.05, 4.69) is 80.6 Å². The van der Waals surface area contributed by atoms with Crippen LogP contribution in [0.3, 0.4) is 0 Å². The fourth-order valence-electron chi connectivity index (χ4n) is 3.12. The topological polar surface area (TPSA) is 3.24 Å². The molecule has 1 aromatic carbocycles. The van der Waals surface area contributed by atoms with Gasteiger partial charge in [-0.15, -0.1) is 0 Å². The molecule has 2 heteroatoms. The van der Waals surface area contributed by atoms with Crippen molar-refractivity contribution in [2.75, 3.05) is 14.1 Å². The standard InChI is InChI=1S/C13H16N.C5H5.Zr/c1-10(14(2)3)12-9-8-11-6-4-5-7-13(11)12;1-2-4-5-3-1;/h4-10H,1-3H3;1-3H,4H2;. The van der Waals surface area contributed by atoms with E-state index in [1.165, 1.54) is 12.0 Å². The predicted octanol–water partition coefficient (Wildman–Crippen LogP) is 3.79. The molecule has 20 heavy (non-hydrogen) atoms. The first-order chi connectivity index (χ1) is 9.63. The van der Waals surface area contributed by atoms with Gasteiger partial charge in [0.2, 0.25) is 0 Å². The molecule has 0 heterocycles. The van der Waals surface area contributed by atoms with Crippen LogP contribution in [-0.4, -0.2) is 25.0 Å². The van der Waals surface area contributed by atoms with E-state index in [1.807, 2.05) is 0 Å². The zero-order valence-electron chi connectivity index (χ0n) is 12.4. The average Bonchev–Trinajstić information content (AvgIpc) is 3.07. The van der Waals surface area contributed by atoms with Crippen LogP contribution in [0.4, 0.5) is 0 Å². The molecule has 0 N–H and O–H groups in total. The van der Waals surface area contributed by atoms with Crippen molar-refractivity contribution in [1.29, 1.82) is 0 Å². The predicted molar refractivity (Wildman–Crippen MR) is 82.1 cm³/mol. The Bertz CT molecular complexity index is 597. The van der Waals surface area contributed by atoms with Crippen molar-refractivity contribution in [1.82, 2.24) is 4.90 Å². The molecule has 2 unspecified atom stereocenters. The molecule has 102 valence electrons. The summed E-state index contributed by atoms with van der Waals surface area (Å²) < 4.78 is 1.99. The maximum atomic E-state index is 2.51. The van der Waals surface area contributed by atoms with Crippen LogP contribution in [0.2, 0.25) is 0 Å². The number of hydrogen-bond acceptors (Lipinski definition) is 1. The van der Waals surface area contributed by atoms with Gasteiger partial charge in [0, 0.05) is 0 Å². The van der Waals surface area contributed by atoms with E-state index in [9.17, 15) is 0 Å². The number of likely N-dealkylation sites (N-methyl/N-ethyl adjacent to an activating group) is 1. The maximum absolute atomic E-state index is 2.51. The van der Waals surface area contributed by atoms with Crippen LogP contribution < -0.4 is 0 Å². The summed E-state index contributed by atoms with van der Waals surface area (Å²) in [7, 11) is 4.42. The van der Waals surface area contributed by atoms with E-state index < -0.39 is 23.2 Å². The third-order valence-electron chi connectivity index (χ3n) is 4.50. The number of rotatable bonds is 4. The summed E-state index contributed by atoms with van der Waals surface area (Å²) in [5.41, 5.74) is 2.98. The van der Waals surface area contributed by atoms with Gasteiger partial charge in [0.05, 0.1) is 0 Å². The normalized spacial score (nSPS) is 24.9. The summed E-state index contributed by atoms with van der Waals surface area (Å²) in [5, 5.41) is 0. The second kappa shape index (κ2) is 5.58. The molecule has 3 rings (SSSR count). The summed E-state index contributed by atoms with van der Waals surface area (Å²) in [6.07, 6.45) is 12.9. The van der Waals surface area contributed by atoms with Crippen molar-refractivity contribution in [3.05, 3.63) is 63.0 Å². The molecular formula is C18H21NZr. The Kier molecular flexibility index (Phi) is 3.97. The second-order valence-corrected chi connectivity index (χ2v) is 10.1. The van der Waals surface area contributed by atoms with E-state index in [-0.39, 0.29) is 3.12 Å². The molecule has 0 aliphatic heterocycles. The minimum atomic E-state index is -0.705. The Morgan fingerprint density at radius 1 is 1.25 bits per heavy atom. The molecule has 1 nitrogen and oxygen atoms in total. The van der Waals surface area contributed by atoms with Crippen molar-refractivity contribution >= 4 is 6.08 Å². The second-order valence-electron chi connectivity index (χ2n) is 5.88. The Labute approximate surface area is 133 Å². The van der Waals surface area contributed by atoms with Crippen LogP contribution in [-0.2, 0) is 26.4 Å². The molecular weight excluding hydrogens is 321 g/mol. The monoisotopic (exact) mass is 341 g/mol. The molecule has 0 saturated heterocycles. The van der Waals surface area contributed by atoms with Gasteiger partial charge in [0.1, 0.15) is 0 Å². The van der Waals surface area contributed by atoms with Gasteiger partial charge in [-0.25, -0.2) is 0 Å². The Morgan fingerprint density at radius 2 is 2.05 bits per heavy atom. The molecule has 2 aliphatic rings. The third-order valence-corrected chi connectivity index (χ3v) is 9.32. The first-order valence-electron chi connectivity index (χ1n) is 7.22. The molecule has 0 amide bonds. The molecule has 0 saturated carbocycles. The summed E-state index contributed by atoms with van der Waals surface area (Å²) in [5.74, 6) is 0. The number of benzene rings is 1.